The molecule has 0 aliphatic carbocycles. The number of halogens is 2. The summed E-state index contributed by atoms with van der Waals surface area (Å²) in [5.41, 5.74) is 1.92. The number of benzene rings is 3. The van der Waals surface area contributed by atoms with Gasteiger partial charge in [0.25, 0.3) is 5.91 Å². The third-order valence-corrected chi connectivity index (χ3v) is 10.4. The second-order valence-electron chi connectivity index (χ2n) is 11.9. The number of carbonyl (C=O) groups excluding carboxylic acids is 2. The molecule has 44 heavy (non-hydrogen) atoms. The normalized spacial score (nSPS) is 19.9. The summed E-state index contributed by atoms with van der Waals surface area (Å²) in [5, 5.41) is 1.01. The second-order valence-corrected chi connectivity index (χ2v) is 12.7. The summed E-state index contributed by atoms with van der Waals surface area (Å²) in [6, 6.07) is 19.4. The number of Topliss-reactive ketones (excluding diaryl/α,β-unsaturated/α-hetero) is 1. The summed E-state index contributed by atoms with van der Waals surface area (Å²) in [6.07, 6.45) is 3.20. The highest BCUT2D eigenvalue weighted by Gasteiger charge is 2.44. The van der Waals surface area contributed by atoms with E-state index in [2.05, 4.69) is 17.0 Å². The number of hydrogen-bond acceptors (Lipinski definition) is 6. The van der Waals surface area contributed by atoms with Crippen molar-refractivity contribution in [2.24, 2.45) is 0 Å². The van der Waals surface area contributed by atoms with Crippen molar-refractivity contribution in [1.29, 1.82) is 0 Å². The largest absolute Gasteiger partial charge is 0.493 e. The number of likely N-dealkylation sites (tertiary alicyclic amines) is 2. The fraction of sp³-hybridized carbons (Fsp3) is 0.429. The third kappa shape index (κ3) is 6.15. The number of piperidine rings is 1. The van der Waals surface area contributed by atoms with Crippen LogP contribution in [0.2, 0.25) is 10.0 Å². The zero-order valence-electron chi connectivity index (χ0n) is 25.8. The Hall–Kier alpha value is -3.26. The van der Waals surface area contributed by atoms with E-state index in [-0.39, 0.29) is 17.1 Å². The highest BCUT2D eigenvalue weighted by Crippen LogP contribution is 2.43. The van der Waals surface area contributed by atoms with Gasteiger partial charge in [-0.15, -0.1) is 0 Å². The SMILES string of the molecule is COc1cc(C(=O)N2CC[C@](CCN3CCC(C(C)=O)(c4ccccc4)CC3)(c3ccc(Cl)c(Cl)c3)C2)cc(OC)c1OC. The molecule has 2 aliphatic rings. The Labute approximate surface area is 270 Å². The van der Waals surface area contributed by atoms with E-state index in [1.165, 1.54) is 21.3 Å². The smallest absolute Gasteiger partial charge is 0.254 e. The molecule has 1 atom stereocenters. The topological polar surface area (TPSA) is 68.3 Å². The van der Waals surface area contributed by atoms with Crippen molar-refractivity contribution in [2.45, 2.75) is 43.4 Å². The van der Waals surface area contributed by atoms with Crippen LogP contribution in [0.4, 0.5) is 0 Å². The fourth-order valence-corrected chi connectivity index (χ4v) is 7.27. The van der Waals surface area contributed by atoms with E-state index in [0.717, 1.165) is 56.4 Å². The van der Waals surface area contributed by atoms with Crippen molar-refractivity contribution in [3.8, 4) is 17.2 Å². The van der Waals surface area contributed by atoms with Gasteiger partial charge in [-0.25, -0.2) is 0 Å². The molecule has 3 aromatic carbocycles. The second kappa shape index (κ2) is 13.4. The number of ether oxygens (including phenoxy) is 3. The molecular formula is C35H40Cl2N2O5. The molecular weight excluding hydrogens is 599 g/mol. The van der Waals surface area contributed by atoms with Crippen LogP contribution in [0.15, 0.2) is 60.7 Å². The van der Waals surface area contributed by atoms with Gasteiger partial charge in [-0.05, 0) is 87.6 Å². The molecule has 3 aromatic rings. The molecule has 2 fully saturated rings. The molecule has 0 aromatic heterocycles. The Balaban J connectivity index is 1.36. The maximum Gasteiger partial charge on any atom is 0.254 e. The molecule has 2 aliphatic heterocycles. The zero-order valence-corrected chi connectivity index (χ0v) is 27.3. The summed E-state index contributed by atoms with van der Waals surface area (Å²) < 4.78 is 16.5. The van der Waals surface area contributed by atoms with Gasteiger partial charge in [0, 0.05) is 24.1 Å². The van der Waals surface area contributed by atoms with Crippen molar-refractivity contribution < 1.29 is 23.8 Å². The van der Waals surface area contributed by atoms with Gasteiger partial charge < -0.3 is 24.0 Å². The summed E-state index contributed by atoms with van der Waals surface area (Å²) in [7, 11) is 4.62. The first-order valence-electron chi connectivity index (χ1n) is 15.0. The first-order valence-corrected chi connectivity index (χ1v) is 15.8. The number of amides is 1. The standard InChI is InChI=1S/C35H40Cl2N2O5/c1-24(40)35(26-8-6-5-7-9-26)14-17-38(18-15-35)16-12-34(27-10-11-28(36)29(37)22-27)13-19-39(23-34)33(41)25-20-30(42-2)32(44-4)31(21-25)43-3/h5-11,20-22H,12-19,23H2,1-4H3/t34-/m0/s1. The van der Waals surface area contributed by atoms with Crippen LogP contribution in [0.1, 0.15) is 54.1 Å². The molecule has 7 nitrogen and oxygen atoms in total. The summed E-state index contributed by atoms with van der Waals surface area (Å²) in [4.78, 5) is 31.2. The van der Waals surface area contributed by atoms with Gasteiger partial charge in [0.05, 0.1) is 36.8 Å². The minimum atomic E-state index is -0.434. The predicted octanol–water partition coefficient (Wildman–Crippen LogP) is 6.82. The lowest BCUT2D eigenvalue weighted by Gasteiger charge is -2.42. The summed E-state index contributed by atoms with van der Waals surface area (Å²) >= 11 is 12.8. The minimum Gasteiger partial charge on any atom is -0.493 e. The highest BCUT2D eigenvalue weighted by molar-refractivity contribution is 6.42. The van der Waals surface area contributed by atoms with Crippen LogP contribution in [-0.2, 0) is 15.6 Å². The van der Waals surface area contributed by atoms with Crippen molar-refractivity contribution in [3.63, 3.8) is 0 Å². The molecule has 5 rings (SSSR count). The quantitative estimate of drug-likeness (QED) is 0.243. The van der Waals surface area contributed by atoms with Crippen LogP contribution in [-0.4, -0.2) is 75.5 Å². The number of ketones is 1. The molecule has 0 N–H and O–H groups in total. The molecule has 0 saturated carbocycles. The molecule has 1 amide bonds. The van der Waals surface area contributed by atoms with Gasteiger partial charge in [-0.3, -0.25) is 9.59 Å². The maximum absolute atomic E-state index is 13.9. The number of carbonyl (C=O) groups is 2. The lowest BCUT2D eigenvalue weighted by atomic mass is 9.70. The molecule has 2 saturated heterocycles. The first-order chi connectivity index (χ1) is 21.2. The Morgan fingerprint density at radius 2 is 1.45 bits per heavy atom. The first kappa shape index (κ1) is 32.1. The number of hydrogen-bond donors (Lipinski definition) is 0. The van der Waals surface area contributed by atoms with E-state index in [1.807, 2.05) is 41.3 Å². The van der Waals surface area contributed by atoms with Crippen LogP contribution in [0.3, 0.4) is 0 Å². The Bertz CT molecular complexity index is 1480. The highest BCUT2D eigenvalue weighted by atomic mass is 35.5. The van der Waals surface area contributed by atoms with E-state index >= 15 is 0 Å². The third-order valence-electron chi connectivity index (χ3n) is 9.70. The van der Waals surface area contributed by atoms with Crippen molar-refractivity contribution in [2.75, 3.05) is 54.1 Å². The molecule has 0 radical (unpaired) electrons. The van der Waals surface area contributed by atoms with E-state index < -0.39 is 5.41 Å². The van der Waals surface area contributed by atoms with E-state index in [9.17, 15) is 9.59 Å². The lowest BCUT2D eigenvalue weighted by Crippen LogP contribution is -2.47. The van der Waals surface area contributed by atoms with E-state index in [1.54, 1.807) is 19.1 Å². The Morgan fingerprint density at radius 3 is 2.02 bits per heavy atom. The van der Waals surface area contributed by atoms with Crippen LogP contribution < -0.4 is 14.2 Å². The predicted molar refractivity (Wildman–Crippen MR) is 174 cm³/mol. The molecule has 0 unspecified atom stereocenters. The summed E-state index contributed by atoms with van der Waals surface area (Å²) in [5.74, 6) is 1.45. The summed E-state index contributed by atoms with van der Waals surface area (Å²) in [6.45, 7) is 5.36. The van der Waals surface area contributed by atoms with Crippen LogP contribution in [0, 0.1) is 0 Å². The number of rotatable bonds is 10. The van der Waals surface area contributed by atoms with Gasteiger partial charge in [0.2, 0.25) is 5.75 Å². The minimum absolute atomic E-state index is 0.0988. The average Bonchev–Trinajstić information content (AvgIpc) is 3.50. The molecule has 0 bridgehead atoms. The zero-order chi connectivity index (χ0) is 31.5. The van der Waals surface area contributed by atoms with Crippen molar-refractivity contribution >= 4 is 34.9 Å². The molecule has 2 heterocycles. The van der Waals surface area contributed by atoms with Crippen LogP contribution in [0.25, 0.3) is 0 Å². The molecule has 0 spiro atoms. The molecule has 234 valence electrons. The van der Waals surface area contributed by atoms with Crippen LogP contribution >= 0.6 is 23.2 Å². The monoisotopic (exact) mass is 638 g/mol. The number of nitrogens with zero attached hydrogens (tertiary/aromatic N) is 2. The lowest BCUT2D eigenvalue weighted by molar-refractivity contribution is -0.124. The maximum atomic E-state index is 13.9. The van der Waals surface area contributed by atoms with Gasteiger partial charge in [0.15, 0.2) is 11.5 Å². The fourth-order valence-electron chi connectivity index (χ4n) is 6.97. The van der Waals surface area contributed by atoms with Gasteiger partial charge in [-0.2, -0.15) is 0 Å². The van der Waals surface area contributed by atoms with E-state index in [0.29, 0.717) is 45.9 Å². The van der Waals surface area contributed by atoms with E-state index in [4.69, 9.17) is 37.4 Å². The number of methoxy groups -OCH3 is 3. The van der Waals surface area contributed by atoms with Gasteiger partial charge >= 0.3 is 0 Å². The molecule has 9 heteroatoms. The van der Waals surface area contributed by atoms with Crippen molar-refractivity contribution in [1.82, 2.24) is 9.80 Å². The Morgan fingerprint density at radius 1 is 0.795 bits per heavy atom. The van der Waals surface area contributed by atoms with Crippen molar-refractivity contribution in [3.05, 3.63) is 87.4 Å². The van der Waals surface area contributed by atoms with Gasteiger partial charge in [-0.1, -0.05) is 59.6 Å². The Kier molecular flexibility index (Phi) is 9.78. The van der Waals surface area contributed by atoms with Crippen LogP contribution in [0.5, 0.6) is 17.2 Å². The average molecular weight is 640 g/mol. The van der Waals surface area contributed by atoms with Gasteiger partial charge in [0.1, 0.15) is 5.78 Å².